The summed E-state index contributed by atoms with van der Waals surface area (Å²) in [5.41, 5.74) is 0.836. The van der Waals surface area contributed by atoms with E-state index in [0.717, 1.165) is 31.6 Å². The molecule has 1 aromatic rings. The molecule has 1 aliphatic carbocycles. The van der Waals surface area contributed by atoms with E-state index in [0.29, 0.717) is 19.2 Å². The van der Waals surface area contributed by atoms with Crippen LogP contribution in [0.25, 0.3) is 0 Å². The molecule has 0 aliphatic heterocycles. The smallest absolute Gasteiger partial charge is 0.244 e. The lowest BCUT2D eigenvalue weighted by Gasteiger charge is -2.19. The van der Waals surface area contributed by atoms with Crippen molar-refractivity contribution in [2.75, 3.05) is 26.8 Å². The van der Waals surface area contributed by atoms with Gasteiger partial charge in [-0.1, -0.05) is 5.21 Å². The fourth-order valence-corrected chi connectivity index (χ4v) is 2.14. The topological polar surface area (TPSA) is 72.3 Å². The van der Waals surface area contributed by atoms with Crippen molar-refractivity contribution in [3.05, 3.63) is 11.9 Å². The third-order valence-corrected chi connectivity index (χ3v) is 3.32. The van der Waals surface area contributed by atoms with E-state index in [1.807, 2.05) is 18.0 Å². The largest absolute Gasteiger partial charge is 0.383 e. The first-order valence-electron chi connectivity index (χ1n) is 7.12. The Morgan fingerprint density at radius 1 is 1.60 bits per heavy atom. The van der Waals surface area contributed by atoms with Crippen molar-refractivity contribution >= 4 is 5.91 Å². The molecule has 0 unspecified atom stereocenters. The van der Waals surface area contributed by atoms with Crippen LogP contribution < -0.4 is 5.32 Å². The molecule has 1 aromatic heterocycles. The molecule has 0 saturated heterocycles. The molecule has 7 nitrogen and oxygen atoms in total. The predicted molar refractivity (Wildman–Crippen MR) is 74.0 cm³/mol. The Hall–Kier alpha value is -1.47. The van der Waals surface area contributed by atoms with Gasteiger partial charge in [0, 0.05) is 32.8 Å². The molecule has 1 saturated carbocycles. The Bertz CT molecular complexity index is 430. The van der Waals surface area contributed by atoms with Crippen molar-refractivity contribution in [3.8, 4) is 0 Å². The molecular formula is C13H23N5O2. The first-order valence-corrected chi connectivity index (χ1v) is 7.12. The van der Waals surface area contributed by atoms with E-state index < -0.39 is 0 Å². The third-order valence-electron chi connectivity index (χ3n) is 3.32. The van der Waals surface area contributed by atoms with E-state index in [-0.39, 0.29) is 12.5 Å². The summed E-state index contributed by atoms with van der Waals surface area (Å²) in [6.45, 7) is 5.13. The summed E-state index contributed by atoms with van der Waals surface area (Å²) in [7, 11) is 1.67. The average molecular weight is 281 g/mol. The maximum absolute atomic E-state index is 12.1. The van der Waals surface area contributed by atoms with Crippen molar-refractivity contribution in [3.63, 3.8) is 0 Å². The predicted octanol–water partition coefficient (Wildman–Crippen LogP) is 0.0250. The molecule has 1 amide bonds. The Balaban J connectivity index is 1.78. The average Bonchev–Trinajstić information content (AvgIpc) is 3.16. The Morgan fingerprint density at radius 2 is 2.40 bits per heavy atom. The van der Waals surface area contributed by atoms with E-state index >= 15 is 0 Å². The minimum atomic E-state index is 0.124. The fraction of sp³-hybridized carbons (Fsp3) is 0.769. The molecule has 0 bridgehead atoms. The Morgan fingerprint density at radius 3 is 3.05 bits per heavy atom. The van der Waals surface area contributed by atoms with E-state index in [1.165, 1.54) is 0 Å². The number of hydrogen-bond donors (Lipinski definition) is 1. The number of nitrogens with one attached hydrogen (secondary N) is 1. The lowest BCUT2D eigenvalue weighted by atomic mass is 10.4. The molecule has 1 N–H and O–H groups in total. The summed E-state index contributed by atoms with van der Waals surface area (Å²) >= 11 is 0. The van der Waals surface area contributed by atoms with Gasteiger partial charge in [-0.05, 0) is 19.8 Å². The first-order chi connectivity index (χ1) is 9.74. The minimum absolute atomic E-state index is 0.124. The van der Waals surface area contributed by atoms with Crippen LogP contribution in [-0.4, -0.2) is 58.6 Å². The molecule has 0 aromatic carbocycles. The summed E-state index contributed by atoms with van der Waals surface area (Å²) in [6.07, 6.45) is 4.08. The van der Waals surface area contributed by atoms with Crippen LogP contribution in [0.4, 0.5) is 0 Å². The molecule has 2 rings (SSSR count). The Kier molecular flexibility index (Phi) is 5.49. The lowest BCUT2D eigenvalue weighted by molar-refractivity contribution is -0.132. The number of methoxy groups -OCH3 is 1. The van der Waals surface area contributed by atoms with Gasteiger partial charge in [0.1, 0.15) is 6.54 Å². The molecule has 0 spiro atoms. The maximum atomic E-state index is 12.1. The second kappa shape index (κ2) is 7.35. The zero-order valence-corrected chi connectivity index (χ0v) is 12.2. The number of carbonyl (C=O) groups excluding carboxylic acids is 1. The number of carbonyl (C=O) groups is 1. The van der Waals surface area contributed by atoms with Crippen LogP contribution in [0.2, 0.25) is 0 Å². The molecular weight excluding hydrogens is 258 g/mol. The van der Waals surface area contributed by atoms with E-state index in [2.05, 4.69) is 15.6 Å². The van der Waals surface area contributed by atoms with Crippen molar-refractivity contribution in [2.45, 2.75) is 38.9 Å². The molecule has 1 heterocycles. The maximum Gasteiger partial charge on any atom is 0.244 e. The van der Waals surface area contributed by atoms with E-state index in [4.69, 9.17) is 4.74 Å². The molecule has 112 valence electrons. The minimum Gasteiger partial charge on any atom is -0.383 e. The van der Waals surface area contributed by atoms with E-state index in [1.54, 1.807) is 11.8 Å². The van der Waals surface area contributed by atoms with Crippen molar-refractivity contribution in [1.82, 2.24) is 25.2 Å². The van der Waals surface area contributed by atoms with Gasteiger partial charge in [0.2, 0.25) is 5.91 Å². The van der Waals surface area contributed by atoms with Gasteiger partial charge >= 0.3 is 0 Å². The lowest BCUT2D eigenvalue weighted by Crippen LogP contribution is -2.35. The molecule has 7 heteroatoms. The van der Waals surface area contributed by atoms with Crippen LogP contribution in [0.15, 0.2) is 6.20 Å². The quantitative estimate of drug-likeness (QED) is 0.646. The summed E-state index contributed by atoms with van der Waals surface area (Å²) in [4.78, 5) is 14.1. The number of ether oxygens (including phenoxy) is 1. The summed E-state index contributed by atoms with van der Waals surface area (Å²) in [5, 5.41) is 11.2. The van der Waals surface area contributed by atoms with Crippen molar-refractivity contribution in [2.24, 2.45) is 0 Å². The van der Waals surface area contributed by atoms with Crippen LogP contribution in [-0.2, 0) is 22.6 Å². The molecule has 0 atom stereocenters. The number of likely N-dealkylation sites (N-methyl/N-ethyl adjacent to an activating group) is 1. The normalized spacial score (nSPS) is 14.5. The fourth-order valence-electron chi connectivity index (χ4n) is 2.14. The van der Waals surface area contributed by atoms with Crippen LogP contribution in [0.1, 0.15) is 25.5 Å². The second-order valence-electron chi connectivity index (χ2n) is 4.99. The highest BCUT2D eigenvalue weighted by atomic mass is 16.5. The van der Waals surface area contributed by atoms with Gasteiger partial charge in [0.05, 0.1) is 18.5 Å². The summed E-state index contributed by atoms with van der Waals surface area (Å²) in [5.74, 6) is 0.124. The van der Waals surface area contributed by atoms with Gasteiger partial charge in [-0.15, -0.1) is 5.10 Å². The van der Waals surface area contributed by atoms with Gasteiger partial charge in [0.15, 0.2) is 0 Å². The van der Waals surface area contributed by atoms with Gasteiger partial charge in [0.25, 0.3) is 0 Å². The second-order valence-corrected chi connectivity index (χ2v) is 4.99. The van der Waals surface area contributed by atoms with Gasteiger partial charge in [-0.2, -0.15) is 0 Å². The number of amides is 1. The number of aromatic nitrogens is 3. The van der Waals surface area contributed by atoms with Crippen molar-refractivity contribution in [1.29, 1.82) is 0 Å². The van der Waals surface area contributed by atoms with Crippen LogP contribution in [0, 0.1) is 0 Å². The highest BCUT2D eigenvalue weighted by Crippen LogP contribution is 2.26. The zero-order chi connectivity index (χ0) is 14.4. The van der Waals surface area contributed by atoms with Crippen LogP contribution in [0.3, 0.4) is 0 Å². The molecule has 1 fully saturated rings. The number of rotatable bonds is 9. The number of hydrogen-bond acceptors (Lipinski definition) is 5. The highest BCUT2D eigenvalue weighted by molar-refractivity contribution is 5.76. The van der Waals surface area contributed by atoms with Gasteiger partial charge in [-0.3, -0.25) is 4.79 Å². The molecule has 1 aliphatic rings. The van der Waals surface area contributed by atoms with Crippen molar-refractivity contribution < 1.29 is 9.53 Å². The van der Waals surface area contributed by atoms with Crippen LogP contribution >= 0.6 is 0 Å². The van der Waals surface area contributed by atoms with Gasteiger partial charge < -0.3 is 15.0 Å². The van der Waals surface area contributed by atoms with Crippen LogP contribution in [0.5, 0.6) is 0 Å². The summed E-state index contributed by atoms with van der Waals surface area (Å²) in [6, 6.07) is 0.450. The van der Waals surface area contributed by atoms with E-state index in [9.17, 15) is 4.79 Å². The molecule has 20 heavy (non-hydrogen) atoms. The monoisotopic (exact) mass is 281 g/mol. The number of nitrogens with zero attached hydrogens (tertiary/aromatic N) is 4. The SMILES string of the molecule is CCN(C(=O)Cn1cc(CNCCOC)nn1)C1CC1. The summed E-state index contributed by atoms with van der Waals surface area (Å²) < 4.78 is 6.56. The Labute approximate surface area is 119 Å². The third kappa shape index (κ3) is 4.28. The zero-order valence-electron chi connectivity index (χ0n) is 12.2. The standard InChI is InChI=1S/C13H23N5O2/c1-3-18(12-4-5-12)13(19)10-17-9-11(15-16-17)8-14-6-7-20-2/h9,12,14H,3-8,10H2,1-2H3. The first kappa shape index (κ1) is 14.9. The highest BCUT2D eigenvalue weighted by Gasteiger charge is 2.31. The van der Waals surface area contributed by atoms with Gasteiger partial charge in [-0.25, -0.2) is 4.68 Å². The molecule has 0 radical (unpaired) electrons.